The maximum absolute atomic E-state index is 12.8. The second kappa shape index (κ2) is 6.22. The van der Waals surface area contributed by atoms with E-state index in [0.717, 1.165) is 16.8 Å². The fraction of sp³-hybridized carbons (Fsp3) is 0.476. The number of amides is 1. The molecule has 1 aliphatic rings. The van der Waals surface area contributed by atoms with Gasteiger partial charge in [-0.1, -0.05) is 13.8 Å². The van der Waals surface area contributed by atoms with E-state index in [9.17, 15) is 4.79 Å². The lowest BCUT2D eigenvalue weighted by Crippen LogP contribution is -2.25. The van der Waals surface area contributed by atoms with Gasteiger partial charge >= 0.3 is 0 Å². The minimum atomic E-state index is -0.202. The van der Waals surface area contributed by atoms with E-state index in [-0.39, 0.29) is 17.4 Å². The van der Waals surface area contributed by atoms with Crippen molar-refractivity contribution in [3.05, 3.63) is 41.5 Å². The Hall–Kier alpha value is -2.63. The largest absolute Gasteiger partial charge is 0.440 e. The van der Waals surface area contributed by atoms with Gasteiger partial charge in [0, 0.05) is 23.2 Å². The average Bonchev–Trinajstić information content (AvgIpc) is 3.17. The van der Waals surface area contributed by atoms with Gasteiger partial charge in [0.2, 0.25) is 0 Å². The van der Waals surface area contributed by atoms with Crippen molar-refractivity contribution < 1.29 is 9.21 Å². The Kier molecular flexibility index (Phi) is 4.09. The number of hydrogen-bond acceptors (Lipinski definition) is 4. The number of nitrogens with one attached hydrogen (secondary N) is 1. The van der Waals surface area contributed by atoms with Crippen molar-refractivity contribution in [2.75, 3.05) is 5.32 Å². The number of carbonyl (C=O) groups is 1. The molecule has 4 rings (SSSR count). The normalized spacial score (nSPS) is 14.9. The molecule has 1 aromatic carbocycles. The van der Waals surface area contributed by atoms with Gasteiger partial charge in [-0.05, 0) is 57.9 Å². The molecule has 1 fully saturated rings. The van der Waals surface area contributed by atoms with Crippen LogP contribution in [0.15, 0.2) is 28.7 Å². The average molecular weight is 366 g/mol. The van der Waals surface area contributed by atoms with Gasteiger partial charge in [-0.2, -0.15) is 5.10 Å². The molecule has 1 amide bonds. The molecule has 0 aliphatic heterocycles. The summed E-state index contributed by atoms with van der Waals surface area (Å²) in [5.41, 5.74) is 3.62. The predicted molar refractivity (Wildman–Crippen MR) is 105 cm³/mol. The van der Waals surface area contributed by atoms with Crippen molar-refractivity contribution in [1.29, 1.82) is 0 Å². The van der Waals surface area contributed by atoms with E-state index in [0.29, 0.717) is 23.2 Å². The van der Waals surface area contributed by atoms with Crippen LogP contribution in [0.3, 0.4) is 0 Å². The zero-order valence-electron chi connectivity index (χ0n) is 16.5. The monoisotopic (exact) mass is 366 g/mol. The molecule has 0 saturated heterocycles. The van der Waals surface area contributed by atoms with Gasteiger partial charge in [-0.15, -0.1) is 0 Å². The molecule has 0 radical (unpaired) electrons. The zero-order valence-corrected chi connectivity index (χ0v) is 16.5. The Morgan fingerprint density at radius 3 is 2.63 bits per heavy atom. The van der Waals surface area contributed by atoms with E-state index in [4.69, 9.17) is 4.42 Å². The van der Waals surface area contributed by atoms with Gasteiger partial charge in [0.05, 0.1) is 5.54 Å². The van der Waals surface area contributed by atoms with Crippen LogP contribution in [0, 0.1) is 0 Å². The van der Waals surface area contributed by atoms with Crippen LogP contribution >= 0.6 is 0 Å². The fourth-order valence-electron chi connectivity index (χ4n) is 3.18. The number of aromatic nitrogens is 3. The first-order valence-corrected chi connectivity index (χ1v) is 9.54. The second-order valence-electron chi connectivity index (χ2n) is 8.65. The summed E-state index contributed by atoms with van der Waals surface area (Å²) in [4.78, 5) is 17.3. The SMILES string of the molecule is CC(C)c1nc2cc(NC(=O)c3cc(C4CC4)n(C(C)(C)C)n3)ccc2o1. The number of oxazole rings is 1. The highest BCUT2D eigenvalue weighted by molar-refractivity contribution is 6.03. The highest BCUT2D eigenvalue weighted by Crippen LogP contribution is 2.41. The van der Waals surface area contributed by atoms with E-state index in [1.54, 1.807) is 0 Å². The lowest BCUT2D eigenvalue weighted by atomic mass is 10.1. The Labute approximate surface area is 159 Å². The van der Waals surface area contributed by atoms with Crippen molar-refractivity contribution in [2.45, 2.75) is 64.8 Å². The van der Waals surface area contributed by atoms with Gasteiger partial charge < -0.3 is 9.73 Å². The number of anilines is 1. The van der Waals surface area contributed by atoms with Crippen LogP contribution in [0.1, 0.15) is 81.4 Å². The molecule has 0 atom stereocenters. The number of fused-ring (bicyclic) bond motifs is 1. The number of hydrogen-bond donors (Lipinski definition) is 1. The molecule has 2 heterocycles. The summed E-state index contributed by atoms with van der Waals surface area (Å²) in [5.74, 6) is 1.25. The number of rotatable bonds is 4. The highest BCUT2D eigenvalue weighted by Gasteiger charge is 2.32. The molecular formula is C21H26N4O2. The molecule has 1 aliphatic carbocycles. The van der Waals surface area contributed by atoms with Gasteiger partial charge in [0.15, 0.2) is 17.2 Å². The molecule has 2 aromatic heterocycles. The number of carbonyl (C=O) groups excluding carboxylic acids is 1. The van der Waals surface area contributed by atoms with Gasteiger partial charge in [0.1, 0.15) is 5.52 Å². The van der Waals surface area contributed by atoms with Crippen molar-refractivity contribution in [2.24, 2.45) is 0 Å². The Balaban J connectivity index is 1.59. The summed E-state index contributed by atoms with van der Waals surface area (Å²) in [6.07, 6.45) is 2.34. The first kappa shape index (κ1) is 17.8. The number of nitrogens with zero attached hydrogens (tertiary/aromatic N) is 3. The highest BCUT2D eigenvalue weighted by atomic mass is 16.3. The number of benzene rings is 1. The molecule has 1 N–H and O–H groups in total. The second-order valence-corrected chi connectivity index (χ2v) is 8.65. The standard InChI is InChI=1S/C21H26N4O2/c1-12(2)20-23-15-10-14(8-9-18(15)27-20)22-19(26)16-11-17(13-6-7-13)25(24-16)21(3,4)5/h8-13H,6-7H2,1-5H3,(H,22,26). The summed E-state index contributed by atoms with van der Waals surface area (Å²) >= 11 is 0. The topological polar surface area (TPSA) is 73.0 Å². The summed E-state index contributed by atoms with van der Waals surface area (Å²) < 4.78 is 7.72. The molecule has 27 heavy (non-hydrogen) atoms. The molecule has 142 valence electrons. The third kappa shape index (κ3) is 3.48. The zero-order chi connectivity index (χ0) is 19.3. The Bertz CT molecular complexity index is 1000. The van der Waals surface area contributed by atoms with E-state index in [1.165, 1.54) is 12.8 Å². The van der Waals surface area contributed by atoms with Crippen LogP contribution in [-0.2, 0) is 5.54 Å². The van der Waals surface area contributed by atoms with Gasteiger partial charge in [-0.3, -0.25) is 9.48 Å². The van der Waals surface area contributed by atoms with E-state index in [2.05, 4.69) is 36.2 Å². The maximum atomic E-state index is 12.8. The summed E-state index contributed by atoms with van der Waals surface area (Å²) in [6.45, 7) is 10.4. The first-order chi connectivity index (χ1) is 12.7. The van der Waals surface area contributed by atoms with Crippen LogP contribution < -0.4 is 5.32 Å². The molecule has 0 bridgehead atoms. The van der Waals surface area contributed by atoms with Crippen LogP contribution in [0.2, 0.25) is 0 Å². The summed E-state index contributed by atoms with van der Waals surface area (Å²) in [6, 6.07) is 7.44. The molecule has 3 aromatic rings. The van der Waals surface area contributed by atoms with Gasteiger partial charge in [-0.25, -0.2) is 4.98 Å². The van der Waals surface area contributed by atoms with Gasteiger partial charge in [0.25, 0.3) is 5.91 Å². The lowest BCUT2D eigenvalue weighted by Gasteiger charge is -2.22. The Morgan fingerprint density at radius 1 is 1.26 bits per heavy atom. The Morgan fingerprint density at radius 2 is 2.00 bits per heavy atom. The molecule has 0 spiro atoms. The van der Waals surface area contributed by atoms with E-state index < -0.39 is 0 Å². The third-order valence-electron chi connectivity index (χ3n) is 4.76. The van der Waals surface area contributed by atoms with Crippen LogP contribution in [-0.4, -0.2) is 20.7 Å². The van der Waals surface area contributed by atoms with Crippen molar-refractivity contribution >= 4 is 22.7 Å². The van der Waals surface area contributed by atoms with Crippen molar-refractivity contribution in [3.63, 3.8) is 0 Å². The van der Waals surface area contributed by atoms with E-state index in [1.807, 2.05) is 42.8 Å². The van der Waals surface area contributed by atoms with Crippen LogP contribution in [0.4, 0.5) is 5.69 Å². The lowest BCUT2D eigenvalue weighted by molar-refractivity contribution is 0.102. The smallest absolute Gasteiger partial charge is 0.276 e. The minimum absolute atomic E-state index is 0.149. The third-order valence-corrected chi connectivity index (χ3v) is 4.76. The van der Waals surface area contributed by atoms with Crippen LogP contribution in [0.5, 0.6) is 0 Å². The van der Waals surface area contributed by atoms with Crippen LogP contribution in [0.25, 0.3) is 11.1 Å². The van der Waals surface area contributed by atoms with Crippen molar-refractivity contribution in [1.82, 2.24) is 14.8 Å². The molecule has 1 saturated carbocycles. The minimum Gasteiger partial charge on any atom is -0.440 e. The summed E-state index contributed by atoms with van der Waals surface area (Å²) in [7, 11) is 0. The molecular weight excluding hydrogens is 340 g/mol. The quantitative estimate of drug-likeness (QED) is 0.702. The first-order valence-electron chi connectivity index (χ1n) is 9.54. The fourth-order valence-corrected chi connectivity index (χ4v) is 3.18. The molecule has 6 heteroatoms. The summed E-state index contributed by atoms with van der Waals surface area (Å²) in [5, 5.41) is 7.54. The van der Waals surface area contributed by atoms with E-state index >= 15 is 0 Å². The maximum Gasteiger partial charge on any atom is 0.276 e. The predicted octanol–water partition coefficient (Wildman–Crippen LogP) is 5.03. The molecule has 0 unspecified atom stereocenters. The van der Waals surface area contributed by atoms with Crippen molar-refractivity contribution in [3.8, 4) is 0 Å². The molecule has 6 nitrogen and oxygen atoms in total.